The molecule has 0 radical (unpaired) electrons. The predicted molar refractivity (Wildman–Crippen MR) is 81.9 cm³/mol. The second-order valence-electron chi connectivity index (χ2n) is 3.67. The van der Waals surface area contributed by atoms with Crippen molar-refractivity contribution >= 4 is 59.2 Å². The van der Waals surface area contributed by atoms with Crippen LogP contribution in [0.15, 0.2) is 44.3 Å². The minimum atomic E-state index is -4.09. The van der Waals surface area contributed by atoms with E-state index in [2.05, 4.69) is 41.6 Å². The predicted octanol–water partition coefficient (Wildman–Crippen LogP) is 4.20. The van der Waals surface area contributed by atoms with Crippen molar-refractivity contribution in [3.63, 3.8) is 0 Å². The number of benzene rings is 1. The van der Waals surface area contributed by atoms with E-state index >= 15 is 0 Å². The zero-order valence-electron chi connectivity index (χ0n) is 9.57. The molecule has 0 aliphatic rings. The SMILES string of the molecule is O=S(=O)(Nc1cc(Br)cnc1Cl)c1ccc(Br)cc1F. The van der Waals surface area contributed by atoms with Gasteiger partial charge in [0.2, 0.25) is 0 Å². The zero-order chi connectivity index (χ0) is 14.9. The fraction of sp³-hybridized carbons (Fsp3) is 0. The summed E-state index contributed by atoms with van der Waals surface area (Å²) in [5, 5.41) is -0.0331. The van der Waals surface area contributed by atoms with E-state index in [1.165, 1.54) is 18.3 Å². The molecular formula is C11H6Br2ClFN2O2S. The van der Waals surface area contributed by atoms with E-state index in [-0.39, 0.29) is 10.8 Å². The molecule has 1 aromatic carbocycles. The molecular weight excluding hydrogens is 438 g/mol. The first kappa shape index (κ1) is 15.7. The molecule has 2 aromatic rings. The largest absolute Gasteiger partial charge is 0.276 e. The first-order valence-corrected chi connectivity index (χ1v) is 8.53. The summed E-state index contributed by atoms with van der Waals surface area (Å²) in [6.45, 7) is 0. The highest BCUT2D eigenvalue weighted by atomic mass is 79.9. The minimum absolute atomic E-state index is 0.0331. The molecule has 1 N–H and O–H groups in total. The van der Waals surface area contributed by atoms with Crippen molar-refractivity contribution in [1.29, 1.82) is 0 Å². The molecule has 0 saturated heterocycles. The van der Waals surface area contributed by atoms with Crippen LogP contribution in [0.1, 0.15) is 0 Å². The van der Waals surface area contributed by atoms with Crippen LogP contribution in [-0.2, 0) is 10.0 Å². The third-order valence-electron chi connectivity index (χ3n) is 2.23. The molecule has 0 amide bonds. The number of pyridine rings is 1. The minimum Gasteiger partial charge on any atom is -0.276 e. The molecule has 0 unspecified atom stereocenters. The molecule has 4 nitrogen and oxygen atoms in total. The van der Waals surface area contributed by atoms with Crippen molar-refractivity contribution < 1.29 is 12.8 Å². The van der Waals surface area contributed by atoms with Crippen molar-refractivity contribution in [2.24, 2.45) is 0 Å². The van der Waals surface area contributed by atoms with Crippen LogP contribution in [0.25, 0.3) is 0 Å². The number of halogens is 4. The van der Waals surface area contributed by atoms with Gasteiger partial charge in [0.05, 0.1) is 5.69 Å². The third-order valence-corrected chi connectivity index (χ3v) is 4.86. The molecule has 0 bridgehead atoms. The van der Waals surface area contributed by atoms with E-state index in [4.69, 9.17) is 11.6 Å². The quantitative estimate of drug-likeness (QED) is 0.722. The lowest BCUT2D eigenvalue weighted by molar-refractivity contribution is 0.570. The Kier molecular flexibility index (Phi) is 4.68. The van der Waals surface area contributed by atoms with Gasteiger partial charge in [-0.25, -0.2) is 17.8 Å². The Labute approximate surface area is 136 Å². The Morgan fingerprint density at radius 1 is 1.20 bits per heavy atom. The lowest BCUT2D eigenvalue weighted by Crippen LogP contribution is -2.15. The van der Waals surface area contributed by atoms with Crippen molar-refractivity contribution in [2.45, 2.75) is 4.90 Å². The smallest absolute Gasteiger partial charge is 0.264 e. The highest BCUT2D eigenvalue weighted by Gasteiger charge is 2.20. The highest BCUT2D eigenvalue weighted by molar-refractivity contribution is 9.10. The molecule has 0 aliphatic carbocycles. The summed E-state index contributed by atoms with van der Waals surface area (Å²) < 4.78 is 41.2. The van der Waals surface area contributed by atoms with Crippen molar-refractivity contribution in [3.05, 3.63) is 50.4 Å². The summed E-state index contributed by atoms with van der Waals surface area (Å²) in [5.41, 5.74) is 0.0587. The van der Waals surface area contributed by atoms with Crippen molar-refractivity contribution in [2.75, 3.05) is 4.72 Å². The first-order chi connectivity index (χ1) is 9.29. The summed E-state index contributed by atoms with van der Waals surface area (Å²) in [7, 11) is -4.09. The summed E-state index contributed by atoms with van der Waals surface area (Å²) in [6, 6.07) is 5.08. The Morgan fingerprint density at radius 3 is 2.55 bits per heavy atom. The number of aromatic nitrogens is 1. The molecule has 0 fully saturated rings. The van der Waals surface area contributed by atoms with E-state index in [0.717, 1.165) is 12.1 Å². The summed E-state index contributed by atoms with van der Waals surface area (Å²) in [4.78, 5) is 3.31. The molecule has 2 rings (SSSR count). The van der Waals surface area contributed by atoms with Crippen LogP contribution < -0.4 is 4.72 Å². The Bertz CT molecular complexity index is 771. The van der Waals surface area contributed by atoms with Gasteiger partial charge in [0, 0.05) is 15.1 Å². The molecule has 106 valence electrons. The molecule has 20 heavy (non-hydrogen) atoms. The van der Waals surface area contributed by atoms with Gasteiger partial charge in [-0.1, -0.05) is 27.5 Å². The molecule has 0 aliphatic heterocycles. The fourth-order valence-corrected chi connectivity index (χ4v) is 3.38. The number of hydrogen-bond donors (Lipinski definition) is 1. The van der Waals surface area contributed by atoms with E-state index in [0.29, 0.717) is 8.95 Å². The van der Waals surface area contributed by atoms with E-state index in [1.807, 2.05) is 0 Å². The maximum absolute atomic E-state index is 13.7. The summed E-state index contributed by atoms with van der Waals surface area (Å²) >= 11 is 12.0. The molecule has 1 aromatic heterocycles. The van der Waals surface area contributed by atoms with Gasteiger partial charge < -0.3 is 0 Å². The second-order valence-corrected chi connectivity index (χ2v) is 7.51. The molecule has 0 saturated carbocycles. The van der Waals surface area contributed by atoms with Crippen LogP contribution in [0.4, 0.5) is 10.1 Å². The van der Waals surface area contributed by atoms with Gasteiger partial charge >= 0.3 is 0 Å². The standard InChI is InChI=1S/C11H6Br2ClFN2O2S/c12-6-1-2-10(8(15)3-6)20(18,19)17-9-4-7(13)5-16-11(9)14/h1-5,17H. The Hall–Kier alpha value is -0.700. The number of nitrogens with zero attached hydrogens (tertiary/aromatic N) is 1. The number of rotatable bonds is 3. The number of anilines is 1. The van der Waals surface area contributed by atoms with Crippen molar-refractivity contribution in [1.82, 2.24) is 4.98 Å². The zero-order valence-corrected chi connectivity index (χ0v) is 14.3. The maximum atomic E-state index is 13.7. The van der Waals surface area contributed by atoms with Gasteiger partial charge in [0.1, 0.15) is 10.7 Å². The van der Waals surface area contributed by atoms with E-state index in [1.54, 1.807) is 0 Å². The molecule has 0 atom stereocenters. The van der Waals surface area contributed by atoms with Gasteiger partial charge in [0.25, 0.3) is 10.0 Å². The number of nitrogens with one attached hydrogen (secondary N) is 1. The first-order valence-electron chi connectivity index (χ1n) is 5.08. The van der Waals surface area contributed by atoms with Crippen molar-refractivity contribution in [3.8, 4) is 0 Å². The van der Waals surface area contributed by atoms with Gasteiger partial charge in [-0.2, -0.15) is 0 Å². The Morgan fingerprint density at radius 2 is 1.90 bits per heavy atom. The monoisotopic (exact) mass is 442 g/mol. The van der Waals surface area contributed by atoms with Gasteiger partial charge in [-0.15, -0.1) is 0 Å². The summed E-state index contributed by atoms with van der Waals surface area (Å²) in [5.74, 6) is -0.869. The lowest BCUT2D eigenvalue weighted by atomic mass is 10.3. The summed E-state index contributed by atoms with van der Waals surface area (Å²) in [6.07, 6.45) is 1.42. The molecule has 0 spiro atoms. The third kappa shape index (κ3) is 3.49. The van der Waals surface area contributed by atoms with Crippen LogP contribution in [0, 0.1) is 5.82 Å². The highest BCUT2D eigenvalue weighted by Crippen LogP contribution is 2.27. The average Bonchev–Trinajstić information content (AvgIpc) is 2.33. The molecule has 1 heterocycles. The Balaban J connectivity index is 2.43. The van der Waals surface area contributed by atoms with Crippen LogP contribution >= 0.6 is 43.5 Å². The van der Waals surface area contributed by atoms with Gasteiger partial charge in [0.15, 0.2) is 5.15 Å². The van der Waals surface area contributed by atoms with Gasteiger partial charge in [-0.05, 0) is 40.2 Å². The fourth-order valence-electron chi connectivity index (χ4n) is 1.39. The second kappa shape index (κ2) is 5.97. The number of sulfonamides is 1. The lowest BCUT2D eigenvalue weighted by Gasteiger charge is -2.10. The van der Waals surface area contributed by atoms with Crippen LogP contribution in [0.3, 0.4) is 0 Å². The average molecular weight is 445 g/mol. The maximum Gasteiger partial charge on any atom is 0.264 e. The number of hydrogen-bond acceptors (Lipinski definition) is 3. The van der Waals surface area contributed by atoms with Crippen LogP contribution in [0.2, 0.25) is 5.15 Å². The topological polar surface area (TPSA) is 59.1 Å². The van der Waals surface area contributed by atoms with Crippen LogP contribution in [0.5, 0.6) is 0 Å². The van der Waals surface area contributed by atoms with E-state index in [9.17, 15) is 12.8 Å². The van der Waals surface area contributed by atoms with E-state index < -0.39 is 20.7 Å². The normalized spacial score (nSPS) is 11.4. The molecule has 9 heteroatoms. The van der Waals surface area contributed by atoms with Gasteiger partial charge in [-0.3, -0.25) is 4.72 Å². The van der Waals surface area contributed by atoms with Crippen LogP contribution in [-0.4, -0.2) is 13.4 Å².